The fourth-order valence-corrected chi connectivity index (χ4v) is 5.77. The van der Waals surface area contributed by atoms with Crippen molar-refractivity contribution in [2.75, 3.05) is 32.0 Å². The Hall–Kier alpha value is -2.19. The lowest BCUT2D eigenvalue weighted by Crippen LogP contribution is -2.54. The summed E-state index contributed by atoms with van der Waals surface area (Å²) in [5.41, 5.74) is 0.508. The molecule has 2 aliphatic carbocycles. The monoisotopic (exact) mass is 458 g/mol. The third-order valence-electron chi connectivity index (χ3n) is 7.34. The number of carbonyl (C=O) groups is 1. The summed E-state index contributed by atoms with van der Waals surface area (Å²) in [5.74, 6) is 0.807. The van der Waals surface area contributed by atoms with Crippen LogP contribution in [0.15, 0.2) is 17.1 Å². The highest BCUT2D eigenvalue weighted by Gasteiger charge is 2.31. The Kier molecular flexibility index (Phi) is 6.07. The number of nitrogens with zero attached hydrogens (tertiary/aromatic N) is 5. The highest BCUT2D eigenvalue weighted by Crippen LogP contribution is 2.31. The van der Waals surface area contributed by atoms with Gasteiger partial charge in [-0.25, -0.2) is 4.98 Å². The van der Waals surface area contributed by atoms with Crippen LogP contribution in [0.25, 0.3) is 11.0 Å². The van der Waals surface area contributed by atoms with Crippen molar-refractivity contribution in [3.8, 4) is 0 Å². The molecule has 1 amide bonds. The second-order valence-electron chi connectivity index (χ2n) is 9.55. The number of amides is 1. The zero-order valence-electron chi connectivity index (χ0n) is 18.6. The molecule has 9 heteroatoms. The molecular weight excluding hydrogens is 428 g/mol. The number of pyridine rings is 1. The van der Waals surface area contributed by atoms with Crippen molar-refractivity contribution in [1.29, 1.82) is 0 Å². The van der Waals surface area contributed by atoms with E-state index in [4.69, 9.17) is 16.6 Å². The summed E-state index contributed by atoms with van der Waals surface area (Å²) in [7, 11) is 2.00. The zero-order valence-corrected chi connectivity index (χ0v) is 19.4. The molecule has 3 heterocycles. The lowest BCUT2D eigenvalue weighted by atomic mass is 9.90. The van der Waals surface area contributed by atoms with Crippen LogP contribution in [0.3, 0.4) is 0 Å². The van der Waals surface area contributed by atoms with E-state index >= 15 is 0 Å². The number of carbonyl (C=O) groups excluding carboxylic acids is 1. The molecule has 5 rings (SSSR count). The highest BCUT2D eigenvalue weighted by atomic mass is 35.5. The van der Waals surface area contributed by atoms with Gasteiger partial charge in [0.05, 0.1) is 6.54 Å². The van der Waals surface area contributed by atoms with Crippen LogP contribution in [0.4, 0.5) is 5.95 Å². The lowest BCUT2D eigenvalue weighted by molar-refractivity contribution is -0.138. The molecule has 2 aromatic rings. The molecule has 2 saturated carbocycles. The average molecular weight is 459 g/mol. The molecule has 0 bridgehead atoms. The van der Waals surface area contributed by atoms with E-state index in [-0.39, 0.29) is 28.6 Å². The van der Waals surface area contributed by atoms with E-state index in [0.29, 0.717) is 24.2 Å². The van der Waals surface area contributed by atoms with Crippen molar-refractivity contribution < 1.29 is 4.79 Å². The molecule has 172 valence electrons. The predicted molar refractivity (Wildman–Crippen MR) is 125 cm³/mol. The van der Waals surface area contributed by atoms with Gasteiger partial charge in [-0.2, -0.15) is 4.98 Å². The third kappa shape index (κ3) is 4.22. The molecule has 0 atom stereocenters. The maximum Gasteiger partial charge on any atom is 0.271 e. The minimum Gasteiger partial charge on any atom is -0.351 e. The number of hydrogen-bond acceptors (Lipinski definition) is 6. The van der Waals surface area contributed by atoms with Crippen molar-refractivity contribution in [2.24, 2.45) is 0 Å². The number of fused-ring (bicyclic) bond motifs is 1. The van der Waals surface area contributed by atoms with E-state index in [1.807, 2.05) is 7.05 Å². The Labute approximate surface area is 192 Å². The van der Waals surface area contributed by atoms with Crippen molar-refractivity contribution >= 4 is 34.5 Å². The zero-order chi connectivity index (χ0) is 22.2. The molecule has 0 unspecified atom stereocenters. The molecule has 3 aliphatic rings. The summed E-state index contributed by atoms with van der Waals surface area (Å²) in [5, 5.41) is 4.51. The highest BCUT2D eigenvalue weighted by molar-refractivity contribution is 6.31. The molecule has 1 saturated heterocycles. The first kappa shape index (κ1) is 21.6. The molecule has 8 nitrogen and oxygen atoms in total. The van der Waals surface area contributed by atoms with E-state index in [1.54, 1.807) is 16.8 Å². The van der Waals surface area contributed by atoms with Gasteiger partial charge in [0.25, 0.3) is 5.56 Å². The van der Waals surface area contributed by atoms with Gasteiger partial charge >= 0.3 is 0 Å². The van der Waals surface area contributed by atoms with Crippen LogP contribution in [0.5, 0.6) is 0 Å². The topological polar surface area (TPSA) is 83.4 Å². The van der Waals surface area contributed by atoms with Gasteiger partial charge in [-0.15, -0.1) is 0 Å². The number of nitrogens with one attached hydrogen (secondary N) is 1. The summed E-state index contributed by atoms with van der Waals surface area (Å²) in [6.45, 7) is 2.30. The number of hydrogen-bond donors (Lipinski definition) is 1. The maximum atomic E-state index is 12.8. The molecular formula is C23H31ClN6O2. The van der Waals surface area contributed by atoms with Gasteiger partial charge in [0, 0.05) is 42.8 Å². The Balaban J connectivity index is 1.30. The number of anilines is 1. The minimum absolute atomic E-state index is 0.156. The Morgan fingerprint density at radius 1 is 1.03 bits per heavy atom. The van der Waals surface area contributed by atoms with Gasteiger partial charge in [0.2, 0.25) is 11.9 Å². The summed E-state index contributed by atoms with van der Waals surface area (Å²) in [6.07, 6.45) is 9.90. The molecule has 0 radical (unpaired) electrons. The quantitative estimate of drug-likeness (QED) is 0.758. The standard InChI is InChI=1S/C23H31ClN6O2/c1-28-10-11-29(20(31)14-28)17-8-6-16(7-9-17)26-23-25-13-15-12-19(24)22(32)30(21(15)27-23)18-4-2-3-5-18/h12-13,16-18H,2-11,14H2,1H3,(H,25,26,27)/t16-,17-. The van der Waals surface area contributed by atoms with Crippen LogP contribution < -0.4 is 10.9 Å². The number of likely N-dealkylation sites (N-methyl/N-ethyl adjacent to an activating group) is 1. The van der Waals surface area contributed by atoms with Crippen LogP contribution in [-0.4, -0.2) is 69.0 Å². The van der Waals surface area contributed by atoms with Gasteiger partial charge in [-0.1, -0.05) is 24.4 Å². The molecule has 1 aliphatic heterocycles. The maximum absolute atomic E-state index is 12.8. The summed E-state index contributed by atoms with van der Waals surface area (Å²) >= 11 is 6.23. The molecule has 1 N–H and O–H groups in total. The first-order chi connectivity index (χ1) is 15.5. The van der Waals surface area contributed by atoms with Crippen molar-refractivity contribution in [3.63, 3.8) is 0 Å². The summed E-state index contributed by atoms with van der Waals surface area (Å²) < 4.78 is 1.79. The van der Waals surface area contributed by atoms with Gasteiger partial charge in [-0.3, -0.25) is 19.1 Å². The SMILES string of the molecule is CN1CCN([C@H]2CC[C@H](Nc3ncc4cc(Cl)c(=O)n(C5CCCC5)c4n3)CC2)C(=O)C1. The first-order valence-electron chi connectivity index (χ1n) is 11.8. The van der Waals surface area contributed by atoms with E-state index in [9.17, 15) is 9.59 Å². The van der Waals surface area contributed by atoms with Crippen LogP contribution in [0, 0.1) is 0 Å². The fraction of sp³-hybridized carbons (Fsp3) is 0.652. The molecule has 0 aromatic carbocycles. The molecule has 32 heavy (non-hydrogen) atoms. The van der Waals surface area contributed by atoms with Gasteiger partial charge < -0.3 is 10.2 Å². The van der Waals surface area contributed by atoms with E-state index in [1.165, 1.54) is 0 Å². The van der Waals surface area contributed by atoms with E-state index < -0.39 is 0 Å². The second kappa shape index (κ2) is 8.98. The average Bonchev–Trinajstić information content (AvgIpc) is 3.30. The largest absolute Gasteiger partial charge is 0.351 e. The minimum atomic E-state index is -0.159. The number of rotatable bonds is 4. The van der Waals surface area contributed by atoms with Crippen molar-refractivity contribution in [1.82, 2.24) is 24.3 Å². The smallest absolute Gasteiger partial charge is 0.271 e. The van der Waals surface area contributed by atoms with Crippen LogP contribution in [-0.2, 0) is 4.79 Å². The van der Waals surface area contributed by atoms with Crippen LogP contribution >= 0.6 is 11.6 Å². The van der Waals surface area contributed by atoms with Crippen LogP contribution in [0.1, 0.15) is 57.4 Å². The predicted octanol–water partition coefficient (Wildman–Crippen LogP) is 3.06. The van der Waals surface area contributed by atoms with Crippen LogP contribution in [0.2, 0.25) is 5.02 Å². The van der Waals surface area contributed by atoms with Gasteiger partial charge in [-0.05, 0) is 51.6 Å². The molecule has 0 spiro atoms. The Morgan fingerprint density at radius 2 is 1.78 bits per heavy atom. The van der Waals surface area contributed by atoms with Gasteiger partial charge in [0.15, 0.2) is 0 Å². The fourth-order valence-electron chi connectivity index (χ4n) is 5.56. The molecule has 2 aromatic heterocycles. The molecule has 3 fully saturated rings. The van der Waals surface area contributed by atoms with E-state index in [2.05, 4.69) is 20.1 Å². The lowest BCUT2D eigenvalue weighted by Gasteiger charge is -2.41. The normalized spacial score (nSPS) is 25.6. The van der Waals surface area contributed by atoms with E-state index in [0.717, 1.165) is 69.8 Å². The number of aromatic nitrogens is 3. The van der Waals surface area contributed by atoms with Crippen molar-refractivity contribution in [2.45, 2.75) is 69.5 Å². The Bertz CT molecular complexity index is 1060. The summed E-state index contributed by atoms with van der Waals surface area (Å²) in [6, 6.07) is 2.43. The van der Waals surface area contributed by atoms with Gasteiger partial charge in [0.1, 0.15) is 10.7 Å². The first-order valence-corrected chi connectivity index (χ1v) is 12.2. The Morgan fingerprint density at radius 3 is 2.50 bits per heavy atom. The third-order valence-corrected chi connectivity index (χ3v) is 7.61. The number of halogens is 1. The number of piperazine rings is 1. The summed E-state index contributed by atoms with van der Waals surface area (Å²) in [4.78, 5) is 38.6. The van der Waals surface area contributed by atoms with Crippen molar-refractivity contribution in [3.05, 3.63) is 27.6 Å². The second-order valence-corrected chi connectivity index (χ2v) is 9.96.